The maximum Gasteiger partial charge on any atom is 0.338 e. The first-order valence-corrected chi connectivity index (χ1v) is 10.9. The molecular formula is C21H21F2NO5S. The van der Waals surface area contributed by atoms with Crippen molar-refractivity contribution in [2.75, 3.05) is 13.2 Å². The Kier molecular flexibility index (Phi) is 6.62. The highest BCUT2D eigenvalue weighted by Gasteiger charge is 2.31. The van der Waals surface area contributed by atoms with Gasteiger partial charge in [-0.15, -0.1) is 0 Å². The third kappa shape index (κ3) is 4.73. The minimum Gasteiger partial charge on any atom is -0.454 e. The SMILES string of the molecule is CC1CCCCN1S(=O)(=O)c1ccc(C(=O)OCC(=O)c2ccc(F)c(F)c2)cc1. The van der Waals surface area contributed by atoms with Crippen molar-refractivity contribution in [1.82, 2.24) is 4.31 Å². The molecule has 0 aromatic heterocycles. The van der Waals surface area contributed by atoms with E-state index in [1.807, 2.05) is 6.92 Å². The van der Waals surface area contributed by atoms with E-state index in [2.05, 4.69) is 0 Å². The molecule has 0 amide bonds. The molecular weight excluding hydrogens is 416 g/mol. The molecule has 2 aromatic rings. The number of hydrogen-bond acceptors (Lipinski definition) is 5. The number of benzene rings is 2. The van der Waals surface area contributed by atoms with Crippen molar-refractivity contribution in [3.8, 4) is 0 Å². The number of carbonyl (C=O) groups excluding carboxylic acids is 2. The van der Waals surface area contributed by atoms with Crippen LogP contribution in [0.25, 0.3) is 0 Å². The van der Waals surface area contributed by atoms with Gasteiger partial charge in [-0.05, 0) is 62.2 Å². The third-order valence-electron chi connectivity index (χ3n) is 5.01. The number of rotatable bonds is 6. The summed E-state index contributed by atoms with van der Waals surface area (Å²) >= 11 is 0. The molecule has 30 heavy (non-hydrogen) atoms. The molecule has 1 unspecified atom stereocenters. The van der Waals surface area contributed by atoms with Gasteiger partial charge < -0.3 is 4.74 Å². The van der Waals surface area contributed by atoms with Crippen LogP contribution in [0, 0.1) is 11.6 Å². The molecule has 9 heteroatoms. The molecule has 0 saturated carbocycles. The van der Waals surface area contributed by atoms with Crippen LogP contribution in [0.3, 0.4) is 0 Å². The van der Waals surface area contributed by atoms with E-state index >= 15 is 0 Å². The zero-order valence-electron chi connectivity index (χ0n) is 16.3. The summed E-state index contributed by atoms with van der Waals surface area (Å²) < 4.78 is 58.1. The Hall–Kier alpha value is -2.65. The second-order valence-corrected chi connectivity index (χ2v) is 9.00. The number of ketones is 1. The molecule has 1 aliphatic heterocycles. The lowest BCUT2D eigenvalue weighted by Gasteiger charge is -2.32. The topological polar surface area (TPSA) is 80.8 Å². The van der Waals surface area contributed by atoms with E-state index in [0.29, 0.717) is 6.54 Å². The molecule has 2 aromatic carbocycles. The minimum absolute atomic E-state index is 0.0683. The predicted octanol–water partition coefficient (Wildman–Crippen LogP) is 3.57. The lowest BCUT2D eigenvalue weighted by Crippen LogP contribution is -2.41. The monoisotopic (exact) mass is 437 g/mol. The molecule has 3 rings (SSSR count). The fourth-order valence-electron chi connectivity index (χ4n) is 3.29. The average Bonchev–Trinajstić information content (AvgIpc) is 2.74. The van der Waals surface area contributed by atoms with E-state index in [0.717, 1.165) is 37.5 Å². The van der Waals surface area contributed by atoms with Crippen molar-refractivity contribution in [3.05, 3.63) is 65.2 Å². The molecule has 0 bridgehead atoms. The number of ether oxygens (including phenoxy) is 1. The Morgan fingerprint density at radius 2 is 1.70 bits per heavy atom. The number of piperidine rings is 1. The standard InChI is InChI=1S/C21H21F2NO5S/c1-14-4-2-3-11-24(14)30(27,28)17-8-5-15(6-9-17)21(26)29-13-20(25)16-7-10-18(22)19(23)12-16/h5-10,12,14H,2-4,11,13H2,1H3. The van der Waals surface area contributed by atoms with Gasteiger partial charge in [0.1, 0.15) is 0 Å². The van der Waals surface area contributed by atoms with E-state index in [-0.39, 0.29) is 22.1 Å². The van der Waals surface area contributed by atoms with Gasteiger partial charge in [0, 0.05) is 18.2 Å². The molecule has 160 valence electrons. The van der Waals surface area contributed by atoms with E-state index < -0.39 is 40.0 Å². The zero-order chi connectivity index (χ0) is 21.9. The van der Waals surface area contributed by atoms with Gasteiger partial charge in [0.25, 0.3) is 0 Å². The van der Waals surface area contributed by atoms with E-state index in [4.69, 9.17) is 4.74 Å². The Bertz CT molecular complexity index is 1050. The molecule has 0 radical (unpaired) electrons. The van der Waals surface area contributed by atoms with Crippen molar-refractivity contribution in [1.29, 1.82) is 0 Å². The number of esters is 1. The third-order valence-corrected chi connectivity index (χ3v) is 7.04. The second-order valence-electron chi connectivity index (χ2n) is 7.11. The van der Waals surface area contributed by atoms with Gasteiger partial charge in [-0.1, -0.05) is 6.42 Å². The van der Waals surface area contributed by atoms with Crippen LogP contribution in [-0.2, 0) is 14.8 Å². The predicted molar refractivity (Wildman–Crippen MR) is 105 cm³/mol. The number of halogens is 2. The maximum atomic E-state index is 13.2. The normalized spacial score (nSPS) is 17.5. The van der Waals surface area contributed by atoms with Crippen LogP contribution in [0.1, 0.15) is 46.9 Å². The molecule has 1 atom stereocenters. The van der Waals surface area contributed by atoms with Crippen LogP contribution in [-0.4, -0.2) is 43.7 Å². The van der Waals surface area contributed by atoms with Crippen molar-refractivity contribution in [2.45, 2.75) is 37.1 Å². The minimum atomic E-state index is -3.66. The van der Waals surface area contributed by atoms with Gasteiger partial charge in [-0.25, -0.2) is 22.0 Å². The van der Waals surface area contributed by atoms with Crippen LogP contribution < -0.4 is 0 Å². The van der Waals surface area contributed by atoms with Crippen LogP contribution >= 0.6 is 0 Å². The number of hydrogen-bond donors (Lipinski definition) is 0. The van der Waals surface area contributed by atoms with Crippen LogP contribution in [0.15, 0.2) is 47.4 Å². The Labute approximate surface area is 173 Å². The summed E-state index contributed by atoms with van der Waals surface area (Å²) in [6.07, 6.45) is 2.59. The van der Waals surface area contributed by atoms with Gasteiger partial charge in [-0.2, -0.15) is 4.31 Å². The molecule has 1 fully saturated rings. The van der Waals surface area contributed by atoms with Crippen molar-refractivity contribution in [3.63, 3.8) is 0 Å². The van der Waals surface area contributed by atoms with Gasteiger partial charge in [0.05, 0.1) is 10.5 Å². The zero-order valence-corrected chi connectivity index (χ0v) is 17.1. The quantitative estimate of drug-likeness (QED) is 0.510. The van der Waals surface area contributed by atoms with Gasteiger partial charge >= 0.3 is 5.97 Å². The van der Waals surface area contributed by atoms with Crippen molar-refractivity contribution >= 4 is 21.8 Å². The summed E-state index contributed by atoms with van der Waals surface area (Å²) in [5.74, 6) is -3.79. The first-order chi connectivity index (χ1) is 14.2. The number of sulfonamides is 1. The second kappa shape index (κ2) is 9.01. The summed E-state index contributed by atoms with van der Waals surface area (Å²) in [6.45, 7) is 1.67. The van der Waals surface area contributed by atoms with E-state index in [1.54, 1.807) is 0 Å². The molecule has 1 aliphatic rings. The van der Waals surface area contributed by atoms with E-state index in [9.17, 15) is 26.8 Å². The van der Waals surface area contributed by atoms with Crippen LogP contribution in [0.2, 0.25) is 0 Å². The Balaban J connectivity index is 1.64. The van der Waals surface area contributed by atoms with Crippen molar-refractivity contribution < 1.29 is 31.5 Å². The van der Waals surface area contributed by atoms with Gasteiger partial charge in [0.15, 0.2) is 24.0 Å². The summed E-state index contributed by atoms with van der Waals surface area (Å²) in [5, 5.41) is 0. The average molecular weight is 437 g/mol. The fraction of sp³-hybridized carbons (Fsp3) is 0.333. The highest BCUT2D eigenvalue weighted by molar-refractivity contribution is 7.89. The first kappa shape index (κ1) is 22.0. The van der Waals surface area contributed by atoms with Gasteiger partial charge in [0.2, 0.25) is 10.0 Å². The first-order valence-electron chi connectivity index (χ1n) is 9.47. The summed E-state index contributed by atoms with van der Waals surface area (Å²) in [5.41, 5.74) is -0.0579. The van der Waals surface area contributed by atoms with Crippen LogP contribution in [0.5, 0.6) is 0 Å². The number of carbonyl (C=O) groups is 2. The molecule has 6 nitrogen and oxygen atoms in total. The number of Topliss-reactive ketones (excluding diaryl/α,β-unsaturated/α-hetero) is 1. The maximum absolute atomic E-state index is 13.2. The molecule has 1 heterocycles. The summed E-state index contributed by atoms with van der Waals surface area (Å²) in [7, 11) is -3.66. The van der Waals surface area contributed by atoms with Crippen LogP contribution in [0.4, 0.5) is 8.78 Å². The highest BCUT2D eigenvalue weighted by atomic mass is 32.2. The fourth-order valence-corrected chi connectivity index (χ4v) is 4.99. The molecule has 0 aliphatic carbocycles. The number of nitrogens with zero attached hydrogens (tertiary/aromatic N) is 1. The Morgan fingerprint density at radius 1 is 1.03 bits per heavy atom. The van der Waals surface area contributed by atoms with Gasteiger partial charge in [-0.3, -0.25) is 4.79 Å². The Morgan fingerprint density at radius 3 is 2.33 bits per heavy atom. The highest BCUT2D eigenvalue weighted by Crippen LogP contribution is 2.25. The molecule has 0 N–H and O–H groups in total. The summed E-state index contributed by atoms with van der Waals surface area (Å²) in [4.78, 5) is 24.2. The lowest BCUT2D eigenvalue weighted by molar-refractivity contribution is 0.0474. The largest absolute Gasteiger partial charge is 0.454 e. The van der Waals surface area contributed by atoms with Crippen molar-refractivity contribution in [2.24, 2.45) is 0 Å². The van der Waals surface area contributed by atoms with E-state index in [1.165, 1.54) is 28.6 Å². The smallest absolute Gasteiger partial charge is 0.338 e. The molecule has 1 saturated heterocycles. The summed E-state index contributed by atoms with van der Waals surface area (Å²) in [6, 6.07) is 7.82. The lowest BCUT2D eigenvalue weighted by atomic mass is 10.1. The molecule has 0 spiro atoms.